The second-order valence-corrected chi connectivity index (χ2v) is 5.50. The molecule has 1 aromatic carbocycles. The van der Waals surface area contributed by atoms with Gasteiger partial charge in [-0.3, -0.25) is 4.79 Å². The summed E-state index contributed by atoms with van der Waals surface area (Å²) in [4.78, 5) is 10.8. The molecule has 0 aliphatic heterocycles. The number of carbonyl (C=O) groups excluding carboxylic acids is 1. The van der Waals surface area contributed by atoms with Crippen LogP contribution in [0.1, 0.15) is 6.92 Å². The maximum atomic E-state index is 11.7. The second-order valence-electron chi connectivity index (χ2n) is 3.35. The predicted molar refractivity (Wildman–Crippen MR) is 58.6 cm³/mol. The smallest absolute Gasteiger partial charge is 0.308 e. The zero-order chi connectivity index (χ0) is 12.3. The third kappa shape index (κ3) is 2.80. The lowest BCUT2D eigenvalue weighted by molar-refractivity contribution is -0.131. The predicted octanol–water partition coefficient (Wildman–Crippen LogP) is 0.862. The van der Waals surface area contributed by atoms with Crippen LogP contribution in [-0.4, -0.2) is 32.8 Å². The van der Waals surface area contributed by atoms with E-state index in [1.54, 1.807) is 0 Å². The third-order valence-electron chi connectivity index (χ3n) is 1.86. The van der Waals surface area contributed by atoms with Gasteiger partial charge < -0.3 is 4.74 Å². The highest BCUT2D eigenvalue weighted by Gasteiger charge is 2.16. The van der Waals surface area contributed by atoms with Crippen molar-refractivity contribution < 1.29 is 17.9 Å². The van der Waals surface area contributed by atoms with E-state index in [-0.39, 0.29) is 4.90 Å². The Balaban J connectivity index is 3.00. The van der Waals surface area contributed by atoms with Gasteiger partial charge in [0.1, 0.15) is 5.75 Å². The molecule has 0 radical (unpaired) electrons. The summed E-state index contributed by atoms with van der Waals surface area (Å²) in [5.41, 5.74) is 0. The first-order chi connectivity index (χ1) is 7.34. The maximum absolute atomic E-state index is 11.7. The van der Waals surface area contributed by atoms with E-state index in [0.29, 0.717) is 5.75 Å². The van der Waals surface area contributed by atoms with E-state index < -0.39 is 16.0 Å². The lowest BCUT2D eigenvalue weighted by Crippen LogP contribution is -2.22. The van der Waals surface area contributed by atoms with Crippen LogP contribution in [0.15, 0.2) is 29.2 Å². The summed E-state index contributed by atoms with van der Waals surface area (Å²) < 4.78 is 29.3. The van der Waals surface area contributed by atoms with Crippen molar-refractivity contribution in [3.63, 3.8) is 0 Å². The Hall–Kier alpha value is -1.40. The lowest BCUT2D eigenvalue weighted by atomic mass is 10.3. The molecule has 88 valence electrons. The normalized spacial score (nSPS) is 11.5. The summed E-state index contributed by atoms with van der Waals surface area (Å²) in [6.07, 6.45) is 0. The summed E-state index contributed by atoms with van der Waals surface area (Å²) in [6, 6.07) is 5.68. The quantitative estimate of drug-likeness (QED) is 0.583. The monoisotopic (exact) mass is 243 g/mol. The van der Waals surface area contributed by atoms with Gasteiger partial charge in [-0.2, -0.15) is 0 Å². The number of rotatable bonds is 3. The number of hydrogen-bond acceptors (Lipinski definition) is 4. The van der Waals surface area contributed by atoms with E-state index in [4.69, 9.17) is 4.74 Å². The maximum Gasteiger partial charge on any atom is 0.308 e. The molecule has 1 aromatic rings. The number of hydrogen-bond donors (Lipinski definition) is 0. The summed E-state index contributed by atoms with van der Waals surface area (Å²) in [5.74, 6) is -0.117. The Morgan fingerprint density at radius 3 is 2.06 bits per heavy atom. The van der Waals surface area contributed by atoms with Crippen molar-refractivity contribution in [1.29, 1.82) is 0 Å². The Bertz CT molecular complexity index is 476. The SMILES string of the molecule is CC(=O)Oc1ccc(S(=O)(=O)N(C)C)cc1. The average molecular weight is 243 g/mol. The molecule has 0 aliphatic rings. The molecule has 0 N–H and O–H groups in total. The van der Waals surface area contributed by atoms with Crippen LogP contribution in [0.25, 0.3) is 0 Å². The van der Waals surface area contributed by atoms with Crippen molar-refractivity contribution in [2.75, 3.05) is 14.1 Å². The molecule has 0 fully saturated rings. The zero-order valence-electron chi connectivity index (χ0n) is 9.30. The van der Waals surface area contributed by atoms with E-state index in [1.807, 2.05) is 0 Å². The van der Waals surface area contributed by atoms with Crippen molar-refractivity contribution in [2.45, 2.75) is 11.8 Å². The van der Waals surface area contributed by atoms with Crippen LogP contribution in [-0.2, 0) is 14.8 Å². The van der Waals surface area contributed by atoms with Crippen molar-refractivity contribution >= 4 is 16.0 Å². The molecule has 6 heteroatoms. The molecule has 0 saturated carbocycles. The lowest BCUT2D eigenvalue weighted by Gasteiger charge is -2.11. The summed E-state index contributed by atoms with van der Waals surface area (Å²) in [5, 5.41) is 0. The molecule has 0 amide bonds. The van der Waals surface area contributed by atoms with Gasteiger partial charge in [0.05, 0.1) is 4.90 Å². The van der Waals surface area contributed by atoms with E-state index in [9.17, 15) is 13.2 Å². The molecule has 0 saturated heterocycles. The fraction of sp³-hybridized carbons (Fsp3) is 0.300. The van der Waals surface area contributed by atoms with Gasteiger partial charge in [0.2, 0.25) is 10.0 Å². The van der Waals surface area contributed by atoms with Gasteiger partial charge in [-0.1, -0.05) is 0 Å². The van der Waals surface area contributed by atoms with Gasteiger partial charge in [-0.05, 0) is 24.3 Å². The molecular formula is C10H13NO4S. The third-order valence-corrected chi connectivity index (χ3v) is 3.69. The summed E-state index contributed by atoms with van der Waals surface area (Å²) in [6.45, 7) is 1.28. The summed E-state index contributed by atoms with van der Waals surface area (Å²) in [7, 11) is -0.522. The molecule has 0 unspecified atom stereocenters. The van der Waals surface area contributed by atoms with E-state index in [1.165, 1.54) is 45.3 Å². The van der Waals surface area contributed by atoms with Gasteiger partial charge in [-0.25, -0.2) is 12.7 Å². The van der Waals surface area contributed by atoms with Gasteiger partial charge >= 0.3 is 5.97 Å². The number of carbonyl (C=O) groups is 1. The number of ether oxygens (including phenoxy) is 1. The highest BCUT2D eigenvalue weighted by Crippen LogP contribution is 2.17. The van der Waals surface area contributed by atoms with Crippen molar-refractivity contribution in [3.05, 3.63) is 24.3 Å². The molecule has 0 aliphatic carbocycles. The first kappa shape index (κ1) is 12.7. The van der Waals surface area contributed by atoms with Crippen LogP contribution in [0.4, 0.5) is 0 Å². The molecule has 0 aromatic heterocycles. The van der Waals surface area contributed by atoms with Crippen LogP contribution < -0.4 is 4.74 Å². The van der Waals surface area contributed by atoms with Crippen molar-refractivity contribution in [1.82, 2.24) is 4.31 Å². The van der Waals surface area contributed by atoms with Gasteiger partial charge in [0.15, 0.2) is 0 Å². The Labute approximate surface area is 94.7 Å². The Morgan fingerprint density at radius 1 is 1.19 bits per heavy atom. The topological polar surface area (TPSA) is 63.7 Å². The van der Waals surface area contributed by atoms with Crippen LogP contribution in [0, 0.1) is 0 Å². The van der Waals surface area contributed by atoms with Crippen molar-refractivity contribution in [3.8, 4) is 5.75 Å². The molecule has 16 heavy (non-hydrogen) atoms. The second kappa shape index (κ2) is 4.63. The minimum atomic E-state index is -3.43. The Morgan fingerprint density at radius 2 is 1.69 bits per heavy atom. The first-order valence-corrected chi connectivity index (χ1v) is 5.99. The van der Waals surface area contributed by atoms with Gasteiger partial charge in [0, 0.05) is 21.0 Å². The van der Waals surface area contributed by atoms with Gasteiger partial charge in [0.25, 0.3) is 0 Å². The molecule has 0 spiro atoms. The minimum absolute atomic E-state index is 0.161. The van der Waals surface area contributed by atoms with E-state index >= 15 is 0 Å². The Kier molecular flexibility index (Phi) is 3.66. The molecule has 0 atom stereocenters. The highest BCUT2D eigenvalue weighted by molar-refractivity contribution is 7.89. The highest BCUT2D eigenvalue weighted by atomic mass is 32.2. The number of nitrogens with zero attached hydrogens (tertiary/aromatic N) is 1. The molecular weight excluding hydrogens is 230 g/mol. The van der Waals surface area contributed by atoms with E-state index in [0.717, 1.165) is 4.31 Å². The van der Waals surface area contributed by atoms with E-state index in [2.05, 4.69) is 0 Å². The molecule has 0 heterocycles. The molecule has 0 bridgehead atoms. The fourth-order valence-electron chi connectivity index (χ4n) is 1.06. The molecule has 5 nitrogen and oxygen atoms in total. The standard InChI is InChI=1S/C10H13NO4S/c1-8(12)15-9-4-6-10(7-5-9)16(13,14)11(2)3/h4-7H,1-3H3. The van der Waals surface area contributed by atoms with Crippen LogP contribution in [0.3, 0.4) is 0 Å². The van der Waals surface area contributed by atoms with Gasteiger partial charge in [-0.15, -0.1) is 0 Å². The fourth-order valence-corrected chi connectivity index (χ4v) is 1.96. The minimum Gasteiger partial charge on any atom is -0.427 e. The number of benzene rings is 1. The zero-order valence-corrected chi connectivity index (χ0v) is 10.1. The number of esters is 1. The van der Waals surface area contributed by atoms with Crippen LogP contribution in [0.5, 0.6) is 5.75 Å². The van der Waals surface area contributed by atoms with Crippen LogP contribution in [0.2, 0.25) is 0 Å². The summed E-state index contributed by atoms with van der Waals surface area (Å²) >= 11 is 0. The first-order valence-electron chi connectivity index (χ1n) is 4.55. The largest absolute Gasteiger partial charge is 0.427 e. The van der Waals surface area contributed by atoms with Crippen LogP contribution >= 0.6 is 0 Å². The molecule has 1 rings (SSSR count). The van der Waals surface area contributed by atoms with Crippen molar-refractivity contribution in [2.24, 2.45) is 0 Å². The number of sulfonamides is 1. The average Bonchev–Trinajstić information content (AvgIpc) is 2.17.